The maximum Gasteiger partial charge on any atom is 0.0880 e. The Bertz CT molecular complexity index is 262. The monoisotopic (exact) mass is 266 g/mol. The van der Waals surface area contributed by atoms with Crippen molar-refractivity contribution in [2.75, 3.05) is 0 Å². The summed E-state index contributed by atoms with van der Waals surface area (Å²) in [5, 5.41) is 16.7. The first-order valence-corrected chi connectivity index (χ1v) is 8.44. The lowest BCUT2D eigenvalue weighted by Crippen LogP contribution is -2.37. The van der Waals surface area contributed by atoms with Crippen molar-refractivity contribution in [2.24, 2.45) is 16.3 Å². The largest absolute Gasteiger partial charge is 0.395 e. The van der Waals surface area contributed by atoms with E-state index in [9.17, 15) is 0 Å². The molecule has 2 aliphatic rings. The van der Waals surface area contributed by atoms with Crippen molar-refractivity contribution >= 4 is 0 Å². The van der Waals surface area contributed by atoms with Gasteiger partial charge in [-0.2, -0.15) is 0 Å². The van der Waals surface area contributed by atoms with Crippen molar-refractivity contribution in [3.63, 3.8) is 0 Å². The minimum Gasteiger partial charge on any atom is -0.395 e. The molecule has 0 aliphatic heterocycles. The molecule has 0 aromatic rings. The second kappa shape index (κ2) is 7.86. The predicted molar refractivity (Wildman–Crippen MR) is 77.5 cm³/mol. The molecule has 19 heavy (non-hydrogen) atoms. The molecular weight excluding hydrogens is 236 g/mol. The SMILES string of the molecule is ON=NC1(C2CCCCCCC2)CCCCCCC1. The van der Waals surface area contributed by atoms with Crippen LogP contribution in [0.5, 0.6) is 0 Å². The highest BCUT2D eigenvalue weighted by Crippen LogP contribution is 2.42. The van der Waals surface area contributed by atoms with E-state index >= 15 is 0 Å². The van der Waals surface area contributed by atoms with Crippen molar-refractivity contribution in [3.05, 3.63) is 0 Å². The van der Waals surface area contributed by atoms with E-state index < -0.39 is 0 Å². The first-order chi connectivity index (χ1) is 9.37. The van der Waals surface area contributed by atoms with Crippen LogP contribution in [-0.2, 0) is 0 Å². The van der Waals surface area contributed by atoms with E-state index in [1.165, 1.54) is 77.0 Å². The summed E-state index contributed by atoms with van der Waals surface area (Å²) >= 11 is 0. The van der Waals surface area contributed by atoms with E-state index in [4.69, 9.17) is 5.21 Å². The van der Waals surface area contributed by atoms with Crippen LogP contribution in [0.15, 0.2) is 10.4 Å². The van der Waals surface area contributed by atoms with Crippen molar-refractivity contribution in [3.8, 4) is 0 Å². The molecule has 3 nitrogen and oxygen atoms in total. The molecule has 2 saturated carbocycles. The highest BCUT2D eigenvalue weighted by molar-refractivity contribution is 4.94. The van der Waals surface area contributed by atoms with Crippen LogP contribution in [0.25, 0.3) is 0 Å². The molecule has 0 spiro atoms. The summed E-state index contributed by atoms with van der Waals surface area (Å²) in [6, 6.07) is 0. The van der Waals surface area contributed by atoms with E-state index in [0.717, 1.165) is 12.8 Å². The van der Waals surface area contributed by atoms with Crippen molar-refractivity contribution < 1.29 is 5.21 Å². The second-order valence-electron chi connectivity index (χ2n) is 6.60. The predicted octanol–water partition coefficient (Wildman–Crippen LogP) is 5.67. The molecule has 0 aromatic heterocycles. The standard InChI is InChI=1S/C16H30N2O/c19-18-17-16(13-9-5-2-6-10-14-16)15-11-7-3-1-4-8-12-15/h15H,1-14H2,(H,17,19). The third-order valence-corrected chi connectivity index (χ3v) is 5.33. The third-order valence-electron chi connectivity index (χ3n) is 5.33. The maximum absolute atomic E-state index is 9.06. The first kappa shape index (κ1) is 14.8. The van der Waals surface area contributed by atoms with Crippen LogP contribution in [0.2, 0.25) is 0 Å². The fourth-order valence-electron chi connectivity index (χ4n) is 4.19. The van der Waals surface area contributed by atoms with Gasteiger partial charge in [0.1, 0.15) is 0 Å². The molecule has 3 heteroatoms. The Balaban J connectivity index is 2.09. The minimum absolute atomic E-state index is 0.0352. The molecule has 2 rings (SSSR count). The van der Waals surface area contributed by atoms with Gasteiger partial charge in [-0.05, 0) is 31.6 Å². The minimum atomic E-state index is -0.0352. The Hall–Kier alpha value is -0.600. The molecule has 0 unspecified atom stereocenters. The first-order valence-electron chi connectivity index (χ1n) is 8.44. The molecule has 2 fully saturated rings. The molecular formula is C16H30N2O. The average Bonchev–Trinajstić information content (AvgIpc) is 2.33. The lowest BCUT2D eigenvalue weighted by atomic mass is 9.70. The Morgan fingerprint density at radius 3 is 1.68 bits per heavy atom. The van der Waals surface area contributed by atoms with Gasteiger partial charge in [0.15, 0.2) is 0 Å². The Morgan fingerprint density at radius 1 is 0.684 bits per heavy atom. The highest BCUT2D eigenvalue weighted by Gasteiger charge is 2.38. The summed E-state index contributed by atoms with van der Waals surface area (Å²) in [6.07, 6.45) is 18.3. The van der Waals surface area contributed by atoms with Crippen LogP contribution in [0.1, 0.15) is 89.9 Å². The van der Waals surface area contributed by atoms with E-state index in [2.05, 4.69) is 10.4 Å². The van der Waals surface area contributed by atoms with Crippen LogP contribution in [0, 0.1) is 5.92 Å². The number of rotatable bonds is 2. The molecule has 0 atom stereocenters. The van der Waals surface area contributed by atoms with Gasteiger partial charge in [-0.25, -0.2) is 0 Å². The van der Waals surface area contributed by atoms with E-state index in [1.54, 1.807) is 0 Å². The highest BCUT2D eigenvalue weighted by atomic mass is 16.5. The average molecular weight is 266 g/mol. The summed E-state index contributed by atoms with van der Waals surface area (Å²) in [5.41, 5.74) is -0.0352. The molecule has 110 valence electrons. The summed E-state index contributed by atoms with van der Waals surface area (Å²) in [5.74, 6) is 0.654. The zero-order valence-electron chi connectivity index (χ0n) is 12.3. The Morgan fingerprint density at radius 2 is 1.16 bits per heavy atom. The van der Waals surface area contributed by atoms with Crippen LogP contribution in [-0.4, -0.2) is 10.7 Å². The van der Waals surface area contributed by atoms with Gasteiger partial charge in [-0.3, -0.25) is 0 Å². The van der Waals surface area contributed by atoms with Crippen LogP contribution in [0.3, 0.4) is 0 Å². The number of nitrogens with zero attached hydrogens (tertiary/aromatic N) is 2. The normalized spacial score (nSPS) is 27.4. The summed E-state index contributed by atoms with van der Waals surface area (Å²) < 4.78 is 0. The van der Waals surface area contributed by atoms with Crippen molar-refractivity contribution in [2.45, 2.75) is 95.4 Å². The summed E-state index contributed by atoms with van der Waals surface area (Å²) in [4.78, 5) is 0. The zero-order chi connectivity index (χ0) is 13.4. The Kier molecular flexibility index (Phi) is 6.12. The van der Waals surface area contributed by atoms with Gasteiger partial charge < -0.3 is 5.21 Å². The topological polar surface area (TPSA) is 45.0 Å². The fraction of sp³-hybridized carbons (Fsp3) is 1.00. The van der Waals surface area contributed by atoms with Gasteiger partial charge in [-0.15, -0.1) is 5.11 Å². The summed E-state index contributed by atoms with van der Waals surface area (Å²) in [7, 11) is 0. The molecule has 0 bridgehead atoms. The van der Waals surface area contributed by atoms with Crippen LogP contribution >= 0.6 is 0 Å². The molecule has 0 saturated heterocycles. The third kappa shape index (κ3) is 4.19. The van der Waals surface area contributed by atoms with E-state index in [0.29, 0.717) is 5.92 Å². The van der Waals surface area contributed by atoms with Gasteiger partial charge >= 0.3 is 0 Å². The van der Waals surface area contributed by atoms with Crippen molar-refractivity contribution in [1.29, 1.82) is 0 Å². The molecule has 1 N–H and O–H groups in total. The Labute approximate surface area is 117 Å². The fourth-order valence-corrected chi connectivity index (χ4v) is 4.19. The lowest BCUT2D eigenvalue weighted by molar-refractivity contribution is 0.144. The van der Waals surface area contributed by atoms with Gasteiger partial charge in [0.2, 0.25) is 0 Å². The van der Waals surface area contributed by atoms with Gasteiger partial charge in [0.25, 0.3) is 0 Å². The van der Waals surface area contributed by atoms with E-state index in [1.807, 2.05) is 0 Å². The quantitative estimate of drug-likeness (QED) is 0.508. The van der Waals surface area contributed by atoms with Crippen molar-refractivity contribution in [1.82, 2.24) is 0 Å². The molecule has 0 heterocycles. The molecule has 0 amide bonds. The van der Waals surface area contributed by atoms with Gasteiger partial charge in [-0.1, -0.05) is 64.2 Å². The molecule has 0 aromatic carbocycles. The van der Waals surface area contributed by atoms with Crippen LogP contribution in [0.4, 0.5) is 0 Å². The van der Waals surface area contributed by atoms with Gasteiger partial charge in [0, 0.05) is 5.28 Å². The summed E-state index contributed by atoms with van der Waals surface area (Å²) in [6.45, 7) is 0. The second-order valence-corrected chi connectivity index (χ2v) is 6.60. The smallest absolute Gasteiger partial charge is 0.0880 e. The molecule has 0 radical (unpaired) electrons. The molecule has 2 aliphatic carbocycles. The van der Waals surface area contributed by atoms with Gasteiger partial charge in [0.05, 0.1) is 5.54 Å². The zero-order valence-corrected chi connectivity index (χ0v) is 12.3. The lowest BCUT2D eigenvalue weighted by Gasteiger charge is -2.38. The number of hydrogen-bond donors (Lipinski definition) is 1. The maximum atomic E-state index is 9.06. The van der Waals surface area contributed by atoms with E-state index in [-0.39, 0.29) is 5.54 Å². The van der Waals surface area contributed by atoms with Crippen LogP contribution < -0.4 is 0 Å². The number of hydrogen-bond acceptors (Lipinski definition) is 2.